The molecule has 0 saturated carbocycles. The third-order valence-corrected chi connectivity index (χ3v) is 4.49. The molecule has 2 rings (SSSR count). The minimum absolute atomic E-state index is 0.138. The molecule has 0 aliphatic carbocycles. The smallest absolute Gasteiger partial charge is 0.269 e. The second-order valence-corrected chi connectivity index (χ2v) is 6.52. The number of carbonyl (C=O) groups is 2. The van der Waals surface area contributed by atoms with Crippen molar-refractivity contribution in [3.8, 4) is 11.5 Å². The molecule has 8 nitrogen and oxygen atoms in total. The Morgan fingerprint density at radius 2 is 1.93 bits per heavy atom. The molecule has 0 aliphatic rings. The van der Waals surface area contributed by atoms with Gasteiger partial charge in [-0.15, -0.1) is 0 Å². The number of hydrogen-bond acceptors (Lipinski definition) is 5. The standard InChI is InChI=1S/C20H28N4O4/c1-6-7-10-28-17-9-8-15(11-18(17)27-5)20(26)22-21-19(25)12-16-13(2)23-24(4)14(16)3/h8-9,11H,6-7,10,12H2,1-5H3,(H,21,25)(H,22,26). The zero-order valence-electron chi connectivity index (χ0n) is 17.1. The SMILES string of the molecule is CCCCOc1ccc(C(=O)NNC(=O)Cc2c(C)nn(C)c2C)cc1OC. The minimum atomic E-state index is -0.439. The molecule has 8 heteroatoms. The van der Waals surface area contributed by atoms with Crippen LogP contribution in [0.2, 0.25) is 0 Å². The lowest BCUT2D eigenvalue weighted by Crippen LogP contribution is -2.42. The molecule has 0 fully saturated rings. The molecule has 1 heterocycles. The predicted molar refractivity (Wildman–Crippen MR) is 105 cm³/mol. The first-order valence-corrected chi connectivity index (χ1v) is 9.26. The summed E-state index contributed by atoms with van der Waals surface area (Å²) in [6.45, 7) is 6.42. The van der Waals surface area contributed by atoms with E-state index in [1.54, 1.807) is 22.9 Å². The van der Waals surface area contributed by atoms with Crippen molar-refractivity contribution in [3.05, 3.63) is 40.7 Å². The van der Waals surface area contributed by atoms with Gasteiger partial charge in [0, 0.05) is 23.9 Å². The molecule has 1 aromatic heterocycles. The number of hydrazine groups is 1. The van der Waals surface area contributed by atoms with Crippen LogP contribution in [0.15, 0.2) is 18.2 Å². The van der Waals surface area contributed by atoms with E-state index in [9.17, 15) is 9.59 Å². The van der Waals surface area contributed by atoms with Gasteiger partial charge in [-0.1, -0.05) is 13.3 Å². The Hall–Kier alpha value is -3.03. The van der Waals surface area contributed by atoms with E-state index >= 15 is 0 Å². The van der Waals surface area contributed by atoms with Gasteiger partial charge in [0.1, 0.15) is 0 Å². The number of unbranched alkanes of at least 4 members (excludes halogenated alkanes) is 1. The Balaban J connectivity index is 1.95. The number of nitrogens with zero attached hydrogens (tertiary/aromatic N) is 2. The van der Waals surface area contributed by atoms with E-state index < -0.39 is 5.91 Å². The molecular formula is C20H28N4O4. The molecule has 0 unspecified atom stereocenters. The van der Waals surface area contributed by atoms with E-state index in [0.29, 0.717) is 23.7 Å². The third-order valence-electron chi connectivity index (χ3n) is 4.49. The molecule has 0 saturated heterocycles. The molecule has 0 aliphatic heterocycles. The number of rotatable bonds is 8. The fourth-order valence-corrected chi connectivity index (χ4v) is 2.73. The van der Waals surface area contributed by atoms with Crippen molar-refractivity contribution in [3.63, 3.8) is 0 Å². The highest BCUT2D eigenvalue weighted by Crippen LogP contribution is 2.28. The van der Waals surface area contributed by atoms with Crippen LogP contribution in [0.5, 0.6) is 11.5 Å². The van der Waals surface area contributed by atoms with Crippen molar-refractivity contribution in [2.24, 2.45) is 7.05 Å². The van der Waals surface area contributed by atoms with E-state index in [2.05, 4.69) is 22.9 Å². The zero-order valence-corrected chi connectivity index (χ0v) is 17.1. The highest BCUT2D eigenvalue weighted by atomic mass is 16.5. The first kappa shape index (κ1) is 21.3. The van der Waals surface area contributed by atoms with Crippen LogP contribution in [0.1, 0.15) is 47.1 Å². The summed E-state index contributed by atoms with van der Waals surface area (Å²) in [5.74, 6) is 0.293. The van der Waals surface area contributed by atoms with Crippen molar-refractivity contribution >= 4 is 11.8 Å². The number of ether oxygens (including phenoxy) is 2. The first-order chi connectivity index (χ1) is 13.4. The number of nitrogens with one attached hydrogen (secondary N) is 2. The van der Waals surface area contributed by atoms with E-state index in [4.69, 9.17) is 9.47 Å². The van der Waals surface area contributed by atoms with Crippen molar-refractivity contribution in [1.82, 2.24) is 20.6 Å². The number of aryl methyl sites for hydroxylation is 2. The molecule has 152 valence electrons. The molecule has 1 aromatic carbocycles. The lowest BCUT2D eigenvalue weighted by Gasteiger charge is -2.12. The van der Waals surface area contributed by atoms with Gasteiger partial charge in [-0.3, -0.25) is 25.1 Å². The van der Waals surface area contributed by atoms with Crippen LogP contribution >= 0.6 is 0 Å². The molecule has 2 N–H and O–H groups in total. The van der Waals surface area contributed by atoms with Crippen LogP contribution in [-0.4, -0.2) is 35.3 Å². The van der Waals surface area contributed by atoms with Crippen LogP contribution in [-0.2, 0) is 18.3 Å². The fraction of sp³-hybridized carbons (Fsp3) is 0.450. The lowest BCUT2D eigenvalue weighted by atomic mass is 10.1. The van der Waals surface area contributed by atoms with Crippen molar-refractivity contribution in [2.45, 2.75) is 40.0 Å². The van der Waals surface area contributed by atoms with Gasteiger partial charge in [0.05, 0.1) is 25.8 Å². The Morgan fingerprint density at radius 3 is 2.54 bits per heavy atom. The molecular weight excluding hydrogens is 360 g/mol. The molecule has 2 amide bonds. The van der Waals surface area contributed by atoms with Gasteiger partial charge in [0.2, 0.25) is 5.91 Å². The van der Waals surface area contributed by atoms with Crippen LogP contribution in [0.4, 0.5) is 0 Å². The number of amides is 2. The van der Waals surface area contributed by atoms with Gasteiger partial charge in [-0.25, -0.2) is 0 Å². The second-order valence-electron chi connectivity index (χ2n) is 6.52. The van der Waals surface area contributed by atoms with Crippen LogP contribution in [0.3, 0.4) is 0 Å². The predicted octanol–water partition coefficient (Wildman–Crippen LogP) is 2.23. The summed E-state index contributed by atoms with van der Waals surface area (Å²) in [6.07, 6.45) is 2.10. The average molecular weight is 388 g/mol. The van der Waals surface area contributed by atoms with Gasteiger partial charge >= 0.3 is 0 Å². The average Bonchev–Trinajstić information content (AvgIpc) is 2.92. The molecule has 0 atom stereocenters. The van der Waals surface area contributed by atoms with Crippen LogP contribution in [0.25, 0.3) is 0 Å². The Kier molecular flexibility index (Phi) is 7.43. The second kappa shape index (κ2) is 9.77. The highest BCUT2D eigenvalue weighted by Gasteiger charge is 2.15. The third kappa shape index (κ3) is 5.25. The number of hydrogen-bond donors (Lipinski definition) is 2. The number of methoxy groups -OCH3 is 1. The Bertz CT molecular complexity index is 845. The topological polar surface area (TPSA) is 94.5 Å². The van der Waals surface area contributed by atoms with Gasteiger partial charge in [0.25, 0.3) is 5.91 Å². The highest BCUT2D eigenvalue weighted by molar-refractivity contribution is 5.96. The first-order valence-electron chi connectivity index (χ1n) is 9.26. The molecule has 0 bridgehead atoms. The van der Waals surface area contributed by atoms with Crippen LogP contribution < -0.4 is 20.3 Å². The maximum atomic E-state index is 12.3. The zero-order chi connectivity index (χ0) is 20.7. The summed E-state index contributed by atoms with van der Waals surface area (Å²) < 4.78 is 12.7. The van der Waals surface area contributed by atoms with Gasteiger partial charge < -0.3 is 9.47 Å². The summed E-state index contributed by atoms with van der Waals surface area (Å²) in [5, 5.41) is 4.28. The summed E-state index contributed by atoms with van der Waals surface area (Å²) in [4.78, 5) is 24.5. The maximum absolute atomic E-state index is 12.3. The Labute approximate surface area is 165 Å². The van der Waals surface area contributed by atoms with Crippen molar-refractivity contribution in [2.75, 3.05) is 13.7 Å². The number of aromatic nitrogens is 2. The number of carbonyl (C=O) groups excluding carboxylic acids is 2. The van der Waals surface area contributed by atoms with Crippen molar-refractivity contribution in [1.29, 1.82) is 0 Å². The fourth-order valence-electron chi connectivity index (χ4n) is 2.73. The van der Waals surface area contributed by atoms with Crippen molar-refractivity contribution < 1.29 is 19.1 Å². The van der Waals surface area contributed by atoms with E-state index in [1.807, 2.05) is 20.9 Å². The maximum Gasteiger partial charge on any atom is 0.269 e. The molecule has 28 heavy (non-hydrogen) atoms. The summed E-state index contributed by atoms with van der Waals surface area (Å²) in [7, 11) is 3.35. The summed E-state index contributed by atoms with van der Waals surface area (Å²) in [5.41, 5.74) is 7.79. The normalized spacial score (nSPS) is 10.5. The molecule has 2 aromatic rings. The quantitative estimate of drug-likeness (QED) is 0.534. The largest absolute Gasteiger partial charge is 0.493 e. The van der Waals surface area contributed by atoms with Gasteiger partial charge in [0.15, 0.2) is 11.5 Å². The minimum Gasteiger partial charge on any atom is -0.493 e. The lowest BCUT2D eigenvalue weighted by molar-refractivity contribution is -0.121. The van der Waals surface area contributed by atoms with Gasteiger partial charge in [-0.2, -0.15) is 5.10 Å². The Morgan fingerprint density at radius 1 is 1.18 bits per heavy atom. The van der Waals surface area contributed by atoms with E-state index in [-0.39, 0.29) is 12.3 Å². The number of benzene rings is 1. The summed E-state index contributed by atoms with van der Waals surface area (Å²) in [6, 6.07) is 4.90. The summed E-state index contributed by atoms with van der Waals surface area (Å²) >= 11 is 0. The molecule has 0 spiro atoms. The molecule has 0 radical (unpaired) electrons. The van der Waals surface area contributed by atoms with Crippen LogP contribution in [0, 0.1) is 13.8 Å². The van der Waals surface area contributed by atoms with Gasteiger partial charge in [-0.05, 0) is 38.5 Å². The van der Waals surface area contributed by atoms with E-state index in [1.165, 1.54) is 7.11 Å². The monoisotopic (exact) mass is 388 g/mol. The van der Waals surface area contributed by atoms with E-state index in [0.717, 1.165) is 29.8 Å².